The third-order valence-electron chi connectivity index (χ3n) is 5.29. The normalized spacial score (nSPS) is 14.6. The van der Waals surface area contributed by atoms with E-state index in [1.54, 1.807) is 27.8 Å². The molecule has 12 heteroatoms. The van der Waals surface area contributed by atoms with Crippen LogP contribution in [-0.2, 0) is 13.2 Å². The third-order valence-corrected chi connectivity index (χ3v) is 5.60. The van der Waals surface area contributed by atoms with Crippen molar-refractivity contribution in [3.05, 3.63) is 40.7 Å². The lowest BCUT2D eigenvalue weighted by Gasteiger charge is -2.27. The van der Waals surface area contributed by atoms with E-state index in [1.165, 1.54) is 7.05 Å². The molecule has 8 nitrogen and oxygen atoms in total. The number of carbonyl (C=O) groups excluding carboxylic acids is 1. The lowest BCUT2D eigenvalue weighted by molar-refractivity contribution is -0.137. The topological polar surface area (TPSA) is 87.1 Å². The Balaban J connectivity index is 1.67. The molecule has 1 amide bonds. The Morgan fingerprint density at radius 1 is 1.25 bits per heavy atom. The molecule has 32 heavy (non-hydrogen) atoms. The van der Waals surface area contributed by atoms with Gasteiger partial charge >= 0.3 is 6.18 Å². The Hall–Kier alpha value is -3.05. The number of aromatic nitrogens is 3. The van der Waals surface area contributed by atoms with Crippen molar-refractivity contribution in [2.24, 2.45) is 7.05 Å². The van der Waals surface area contributed by atoms with E-state index in [-0.39, 0.29) is 22.7 Å². The molecule has 1 fully saturated rings. The van der Waals surface area contributed by atoms with Crippen LogP contribution >= 0.6 is 11.6 Å². The number of benzene rings is 1. The molecule has 170 valence electrons. The van der Waals surface area contributed by atoms with Gasteiger partial charge in [-0.2, -0.15) is 18.2 Å². The summed E-state index contributed by atoms with van der Waals surface area (Å²) in [4.78, 5) is 22.5. The minimum absolute atomic E-state index is 0.0464. The van der Waals surface area contributed by atoms with Crippen molar-refractivity contribution in [2.75, 3.05) is 43.9 Å². The molecule has 1 aliphatic rings. The number of alkyl halides is 3. The molecular formula is C20H21ClF3N7O. The first-order valence-electron chi connectivity index (χ1n) is 9.86. The fourth-order valence-corrected chi connectivity index (χ4v) is 3.88. The summed E-state index contributed by atoms with van der Waals surface area (Å²) in [6.45, 7) is 2.74. The molecule has 2 aromatic heterocycles. The zero-order chi connectivity index (χ0) is 23.0. The van der Waals surface area contributed by atoms with E-state index in [4.69, 9.17) is 11.6 Å². The molecule has 0 bridgehead atoms. The highest BCUT2D eigenvalue weighted by molar-refractivity contribution is 6.34. The van der Waals surface area contributed by atoms with Crippen LogP contribution in [0.5, 0.6) is 0 Å². The number of carbonyl (C=O) groups is 1. The van der Waals surface area contributed by atoms with E-state index in [9.17, 15) is 18.0 Å². The Morgan fingerprint density at radius 2 is 1.97 bits per heavy atom. The molecule has 0 unspecified atom stereocenters. The Labute approximate surface area is 186 Å². The highest BCUT2D eigenvalue weighted by Gasteiger charge is 2.35. The largest absolute Gasteiger partial charge is 0.421 e. The van der Waals surface area contributed by atoms with Crippen LogP contribution in [-0.4, -0.2) is 58.6 Å². The van der Waals surface area contributed by atoms with E-state index in [0.717, 1.165) is 18.6 Å². The van der Waals surface area contributed by atoms with Gasteiger partial charge in [0.1, 0.15) is 11.4 Å². The van der Waals surface area contributed by atoms with E-state index < -0.39 is 11.7 Å². The van der Waals surface area contributed by atoms with Crippen LogP contribution < -0.4 is 16.0 Å². The number of rotatable bonds is 4. The van der Waals surface area contributed by atoms with Crippen LogP contribution in [0.2, 0.25) is 5.02 Å². The van der Waals surface area contributed by atoms with E-state index >= 15 is 0 Å². The van der Waals surface area contributed by atoms with Gasteiger partial charge in [0.15, 0.2) is 0 Å². The van der Waals surface area contributed by atoms with E-state index in [2.05, 4.69) is 25.9 Å². The lowest BCUT2D eigenvalue weighted by atomic mass is 10.1. The summed E-state index contributed by atoms with van der Waals surface area (Å²) in [7, 11) is 3.16. The first-order valence-corrected chi connectivity index (χ1v) is 10.2. The number of anilines is 3. The maximum absolute atomic E-state index is 13.1. The summed E-state index contributed by atoms with van der Waals surface area (Å²) < 4.78 is 41.0. The third kappa shape index (κ3) is 4.17. The van der Waals surface area contributed by atoms with Gasteiger partial charge in [0, 0.05) is 58.1 Å². The van der Waals surface area contributed by atoms with Crippen molar-refractivity contribution in [1.29, 1.82) is 0 Å². The highest BCUT2D eigenvalue weighted by Crippen LogP contribution is 2.35. The molecule has 3 N–H and O–H groups in total. The number of fused-ring (bicyclic) bond motifs is 1. The number of hydrogen-bond acceptors (Lipinski definition) is 6. The number of nitrogens with one attached hydrogen (secondary N) is 3. The zero-order valence-electron chi connectivity index (χ0n) is 17.3. The molecule has 1 aromatic carbocycles. The van der Waals surface area contributed by atoms with Crippen molar-refractivity contribution in [1.82, 2.24) is 24.8 Å². The first-order chi connectivity index (χ1) is 15.2. The Bertz CT molecular complexity index is 1170. The van der Waals surface area contributed by atoms with Gasteiger partial charge in [-0.1, -0.05) is 11.6 Å². The molecule has 4 rings (SSSR count). The standard InChI is InChI=1S/C20H21ClF3N7O/c1-25-17-13(20(22,23)24)9-27-19(29-17)28-15-8-16-11(7-14(15)21)12(10-30(16)2)18(32)31-5-3-26-4-6-31/h7-10,26H,3-6H2,1-2H3,(H2,25,27,28,29). The quantitative estimate of drug-likeness (QED) is 0.544. The predicted octanol–water partition coefficient (Wildman–Crippen LogP) is 3.47. The van der Waals surface area contributed by atoms with Gasteiger partial charge in [-0.3, -0.25) is 4.79 Å². The summed E-state index contributed by atoms with van der Waals surface area (Å²) >= 11 is 6.44. The molecule has 0 radical (unpaired) electrons. The summed E-state index contributed by atoms with van der Waals surface area (Å²) in [6.07, 6.45) is -2.12. The molecule has 3 aromatic rings. The van der Waals surface area contributed by atoms with Crippen LogP contribution in [0.3, 0.4) is 0 Å². The summed E-state index contributed by atoms with van der Waals surface area (Å²) in [5, 5.41) is 9.49. The zero-order valence-corrected chi connectivity index (χ0v) is 18.1. The molecule has 0 aliphatic carbocycles. The lowest BCUT2D eigenvalue weighted by Crippen LogP contribution is -2.46. The molecule has 1 aliphatic heterocycles. The Kier molecular flexibility index (Phi) is 5.87. The van der Waals surface area contributed by atoms with Gasteiger partial charge in [-0.25, -0.2) is 4.98 Å². The number of nitrogens with zero attached hydrogens (tertiary/aromatic N) is 4. The maximum Gasteiger partial charge on any atom is 0.421 e. The molecular weight excluding hydrogens is 447 g/mol. The summed E-state index contributed by atoms with van der Waals surface area (Å²) in [5.74, 6) is -0.469. The SMILES string of the molecule is CNc1nc(Nc2cc3c(cc2Cl)c(C(=O)N2CCNCC2)cn3C)ncc1C(F)(F)F. The van der Waals surface area contributed by atoms with Crippen LogP contribution in [0.15, 0.2) is 24.5 Å². The minimum Gasteiger partial charge on any atom is -0.372 e. The van der Waals surface area contributed by atoms with Crippen LogP contribution in [0.25, 0.3) is 10.9 Å². The molecule has 0 atom stereocenters. The predicted molar refractivity (Wildman–Crippen MR) is 117 cm³/mol. The van der Waals surface area contributed by atoms with Gasteiger partial charge in [0.25, 0.3) is 5.91 Å². The van der Waals surface area contributed by atoms with E-state index in [0.29, 0.717) is 35.9 Å². The monoisotopic (exact) mass is 467 g/mol. The van der Waals surface area contributed by atoms with Crippen LogP contribution in [0, 0.1) is 0 Å². The maximum atomic E-state index is 13.1. The van der Waals surface area contributed by atoms with Crippen molar-refractivity contribution in [3.8, 4) is 0 Å². The second-order valence-corrected chi connectivity index (χ2v) is 7.78. The van der Waals surface area contributed by atoms with Gasteiger partial charge in [-0.15, -0.1) is 0 Å². The molecule has 3 heterocycles. The number of hydrogen-bond donors (Lipinski definition) is 3. The van der Waals surface area contributed by atoms with Crippen LogP contribution in [0.1, 0.15) is 15.9 Å². The summed E-state index contributed by atoms with van der Waals surface area (Å²) in [5.41, 5.74) is 0.714. The average Bonchev–Trinajstić information content (AvgIpc) is 3.08. The van der Waals surface area contributed by atoms with Crippen molar-refractivity contribution < 1.29 is 18.0 Å². The van der Waals surface area contributed by atoms with Gasteiger partial charge in [-0.05, 0) is 12.1 Å². The van der Waals surface area contributed by atoms with Gasteiger partial charge in [0.2, 0.25) is 5.95 Å². The Morgan fingerprint density at radius 3 is 2.62 bits per heavy atom. The fraction of sp³-hybridized carbons (Fsp3) is 0.350. The summed E-state index contributed by atoms with van der Waals surface area (Å²) in [6, 6.07) is 3.38. The van der Waals surface area contributed by atoms with Crippen molar-refractivity contribution >= 4 is 45.9 Å². The number of piperazine rings is 1. The van der Waals surface area contributed by atoms with Crippen molar-refractivity contribution in [3.63, 3.8) is 0 Å². The number of amides is 1. The van der Waals surface area contributed by atoms with Gasteiger partial charge in [0.05, 0.1) is 21.8 Å². The van der Waals surface area contributed by atoms with Crippen molar-refractivity contribution in [2.45, 2.75) is 6.18 Å². The fourth-order valence-electron chi connectivity index (χ4n) is 3.67. The minimum atomic E-state index is -4.58. The first kappa shape index (κ1) is 22.2. The average molecular weight is 468 g/mol. The van der Waals surface area contributed by atoms with Crippen LogP contribution in [0.4, 0.5) is 30.6 Å². The number of aryl methyl sites for hydroxylation is 1. The van der Waals surface area contributed by atoms with E-state index in [1.807, 2.05) is 7.05 Å². The number of halogens is 4. The second-order valence-electron chi connectivity index (χ2n) is 7.37. The van der Waals surface area contributed by atoms with Gasteiger partial charge < -0.3 is 25.4 Å². The second kappa shape index (κ2) is 8.47. The molecule has 1 saturated heterocycles. The molecule has 0 spiro atoms. The smallest absolute Gasteiger partial charge is 0.372 e. The molecule has 0 saturated carbocycles. The highest BCUT2D eigenvalue weighted by atomic mass is 35.5.